The number of benzene rings is 2. The summed E-state index contributed by atoms with van der Waals surface area (Å²) in [5.74, 6) is -2.36. The van der Waals surface area contributed by atoms with Crippen molar-refractivity contribution in [3.63, 3.8) is 0 Å². The first-order chi connectivity index (χ1) is 9.10. The molecule has 19 heavy (non-hydrogen) atoms. The molecule has 96 valence electrons. The summed E-state index contributed by atoms with van der Waals surface area (Å²) in [5, 5.41) is 0. The first-order valence-electron chi connectivity index (χ1n) is 5.48. The van der Waals surface area contributed by atoms with Gasteiger partial charge >= 0.3 is 0 Å². The van der Waals surface area contributed by atoms with E-state index in [1.165, 1.54) is 36.4 Å². The van der Waals surface area contributed by atoms with Crippen LogP contribution in [0.5, 0.6) is 0 Å². The van der Waals surface area contributed by atoms with Gasteiger partial charge in [-0.1, -0.05) is 18.2 Å². The van der Waals surface area contributed by atoms with Crippen LogP contribution >= 0.6 is 0 Å². The predicted molar refractivity (Wildman–Crippen MR) is 66.7 cm³/mol. The van der Waals surface area contributed by atoms with Crippen molar-refractivity contribution in [1.82, 2.24) is 0 Å². The Balaban J connectivity index is 2.40. The SMILES string of the molecule is O=C/C(=C/c1ccc(F)c(F)c1)c1ccc(F)cc1. The normalized spacial score (nSPS) is 11.4. The average Bonchev–Trinajstić information content (AvgIpc) is 2.41. The summed E-state index contributed by atoms with van der Waals surface area (Å²) in [6.07, 6.45) is 1.98. The Bertz CT molecular complexity index is 630. The van der Waals surface area contributed by atoms with Gasteiger partial charge in [0.05, 0.1) is 0 Å². The molecular formula is C15H9F3O. The number of hydrogen-bond donors (Lipinski definition) is 0. The van der Waals surface area contributed by atoms with Crippen LogP contribution in [0.2, 0.25) is 0 Å². The minimum Gasteiger partial charge on any atom is -0.298 e. The van der Waals surface area contributed by atoms with Crippen LogP contribution in [0.15, 0.2) is 42.5 Å². The van der Waals surface area contributed by atoms with E-state index in [1.54, 1.807) is 0 Å². The van der Waals surface area contributed by atoms with E-state index in [2.05, 4.69) is 0 Å². The van der Waals surface area contributed by atoms with Crippen molar-refractivity contribution in [3.8, 4) is 0 Å². The topological polar surface area (TPSA) is 17.1 Å². The van der Waals surface area contributed by atoms with Crippen molar-refractivity contribution >= 4 is 17.9 Å². The molecule has 0 N–H and O–H groups in total. The van der Waals surface area contributed by atoms with E-state index in [1.807, 2.05) is 0 Å². The first-order valence-corrected chi connectivity index (χ1v) is 5.48. The Morgan fingerprint density at radius 3 is 2.16 bits per heavy atom. The molecular weight excluding hydrogens is 253 g/mol. The molecule has 4 heteroatoms. The highest BCUT2D eigenvalue weighted by atomic mass is 19.2. The summed E-state index contributed by atoms with van der Waals surface area (Å²) in [7, 11) is 0. The fraction of sp³-hybridized carbons (Fsp3) is 0. The van der Waals surface area contributed by atoms with Crippen LogP contribution in [0.4, 0.5) is 13.2 Å². The van der Waals surface area contributed by atoms with Crippen LogP contribution in [0.1, 0.15) is 11.1 Å². The summed E-state index contributed by atoms with van der Waals surface area (Å²) in [4.78, 5) is 11.0. The molecule has 0 aliphatic rings. The zero-order valence-electron chi connectivity index (χ0n) is 9.74. The van der Waals surface area contributed by atoms with Crippen LogP contribution in [0, 0.1) is 17.5 Å². The molecule has 2 rings (SSSR count). The Hall–Kier alpha value is -2.36. The minimum absolute atomic E-state index is 0.256. The summed E-state index contributed by atoms with van der Waals surface area (Å²) in [6, 6.07) is 8.64. The van der Waals surface area contributed by atoms with E-state index in [-0.39, 0.29) is 5.57 Å². The number of allylic oxidation sites excluding steroid dienone is 1. The van der Waals surface area contributed by atoms with Crippen LogP contribution in [0.25, 0.3) is 11.6 Å². The lowest BCUT2D eigenvalue weighted by atomic mass is 10.0. The van der Waals surface area contributed by atoms with Gasteiger partial charge < -0.3 is 0 Å². The Morgan fingerprint density at radius 1 is 0.895 bits per heavy atom. The lowest BCUT2D eigenvalue weighted by Crippen LogP contribution is -1.88. The molecule has 1 nitrogen and oxygen atoms in total. The molecule has 0 fully saturated rings. The van der Waals surface area contributed by atoms with Gasteiger partial charge in [0, 0.05) is 5.57 Å². The third kappa shape index (κ3) is 3.10. The second kappa shape index (κ2) is 5.52. The lowest BCUT2D eigenvalue weighted by Gasteiger charge is -2.01. The van der Waals surface area contributed by atoms with Crippen molar-refractivity contribution in [2.75, 3.05) is 0 Å². The Labute approximate surface area is 108 Å². The van der Waals surface area contributed by atoms with Gasteiger partial charge in [-0.05, 0) is 41.5 Å². The second-order valence-corrected chi connectivity index (χ2v) is 3.90. The van der Waals surface area contributed by atoms with Gasteiger partial charge in [0.2, 0.25) is 0 Å². The van der Waals surface area contributed by atoms with E-state index in [4.69, 9.17) is 0 Å². The fourth-order valence-corrected chi connectivity index (χ4v) is 1.61. The van der Waals surface area contributed by atoms with Gasteiger partial charge in [0.1, 0.15) is 5.82 Å². The van der Waals surface area contributed by atoms with Gasteiger partial charge in [0.15, 0.2) is 17.9 Å². The molecule has 0 spiro atoms. The third-order valence-corrected chi connectivity index (χ3v) is 2.57. The summed E-state index contributed by atoms with van der Waals surface area (Å²) in [5.41, 5.74) is 1.11. The van der Waals surface area contributed by atoms with Gasteiger partial charge in [-0.2, -0.15) is 0 Å². The number of carbonyl (C=O) groups excluding carboxylic acids is 1. The van der Waals surface area contributed by atoms with Crippen molar-refractivity contribution in [2.45, 2.75) is 0 Å². The highest BCUT2D eigenvalue weighted by molar-refractivity contribution is 6.13. The summed E-state index contributed by atoms with van der Waals surface area (Å²) < 4.78 is 38.6. The molecule has 0 aliphatic carbocycles. The summed E-state index contributed by atoms with van der Waals surface area (Å²) >= 11 is 0. The molecule has 0 amide bonds. The average molecular weight is 262 g/mol. The van der Waals surface area contributed by atoms with Crippen LogP contribution in [-0.2, 0) is 4.79 Å². The third-order valence-electron chi connectivity index (χ3n) is 2.57. The lowest BCUT2D eigenvalue weighted by molar-refractivity contribution is -0.103. The zero-order chi connectivity index (χ0) is 13.8. The molecule has 0 saturated carbocycles. The van der Waals surface area contributed by atoms with Crippen LogP contribution in [0.3, 0.4) is 0 Å². The van der Waals surface area contributed by atoms with Gasteiger partial charge in [0.25, 0.3) is 0 Å². The van der Waals surface area contributed by atoms with E-state index >= 15 is 0 Å². The molecule has 0 saturated heterocycles. The molecule has 0 heterocycles. The second-order valence-electron chi connectivity index (χ2n) is 3.90. The molecule has 0 radical (unpaired) electrons. The number of aldehydes is 1. The van der Waals surface area contributed by atoms with Gasteiger partial charge in [-0.15, -0.1) is 0 Å². The van der Waals surface area contributed by atoms with E-state index in [9.17, 15) is 18.0 Å². The number of halogens is 3. The highest BCUT2D eigenvalue weighted by Gasteiger charge is 2.04. The fourth-order valence-electron chi connectivity index (χ4n) is 1.61. The zero-order valence-corrected chi connectivity index (χ0v) is 9.74. The first kappa shape index (κ1) is 13.1. The molecule has 0 aromatic heterocycles. The van der Waals surface area contributed by atoms with Gasteiger partial charge in [-0.25, -0.2) is 13.2 Å². The molecule has 0 bridgehead atoms. The number of rotatable bonds is 3. The monoisotopic (exact) mass is 262 g/mol. The molecule has 2 aromatic rings. The molecule has 0 unspecified atom stereocenters. The minimum atomic E-state index is -0.988. The van der Waals surface area contributed by atoms with Crippen molar-refractivity contribution in [2.24, 2.45) is 0 Å². The predicted octanol–water partition coefficient (Wildman–Crippen LogP) is 3.84. The van der Waals surface area contributed by atoms with Crippen LogP contribution < -0.4 is 0 Å². The highest BCUT2D eigenvalue weighted by Crippen LogP contribution is 2.18. The number of hydrogen-bond acceptors (Lipinski definition) is 1. The maximum absolute atomic E-state index is 13.0. The van der Waals surface area contributed by atoms with Gasteiger partial charge in [-0.3, -0.25) is 4.79 Å². The van der Waals surface area contributed by atoms with Crippen molar-refractivity contribution in [1.29, 1.82) is 0 Å². The quantitative estimate of drug-likeness (QED) is 0.466. The largest absolute Gasteiger partial charge is 0.298 e. The molecule has 2 aromatic carbocycles. The van der Waals surface area contributed by atoms with E-state index in [0.29, 0.717) is 17.4 Å². The van der Waals surface area contributed by atoms with Crippen molar-refractivity contribution in [3.05, 3.63) is 71.0 Å². The molecule has 0 atom stereocenters. The van der Waals surface area contributed by atoms with Crippen LogP contribution in [-0.4, -0.2) is 6.29 Å². The Morgan fingerprint density at radius 2 is 1.58 bits per heavy atom. The maximum Gasteiger partial charge on any atom is 0.159 e. The summed E-state index contributed by atoms with van der Waals surface area (Å²) in [6.45, 7) is 0. The maximum atomic E-state index is 13.0. The van der Waals surface area contributed by atoms with Crippen molar-refractivity contribution < 1.29 is 18.0 Å². The smallest absolute Gasteiger partial charge is 0.159 e. The van der Waals surface area contributed by atoms with E-state index < -0.39 is 17.5 Å². The van der Waals surface area contributed by atoms with E-state index in [0.717, 1.165) is 12.1 Å². The standard InChI is InChI=1S/C15H9F3O/c16-13-4-2-11(3-5-13)12(9-19)7-10-1-6-14(17)15(18)8-10/h1-9H/b12-7-. The Kier molecular flexibility index (Phi) is 3.80. The molecule has 0 aliphatic heterocycles. The number of carbonyl (C=O) groups is 1.